The van der Waals surface area contributed by atoms with Gasteiger partial charge in [0.05, 0.1) is 11.7 Å². The molecule has 2 fully saturated rings. The second-order valence-corrected chi connectivity index (χ2v) is 5.54. The summed E-state index contributed by atoms with van der Waals surface area (Å²) in [7, 11) is 0. The first-order valence-electron chi connectivity index (χ1n) is 6.91. The van der Waals surface area contributed by atoms with E-state index in [1.807, 2.05) is 6.07 Å². The first kappa shape index (κ1) is 12.1. The maximum atomic E-state index is 13.3. The van der Waals surface area contributed by atoms with E-state index in [0.717, 1.165) is 31.5 Å². The molecule has 0 radical (unpaired) electrons. The summed E-state index contributed by atoms with van der Waals surface area (Å²) < 4.78 is 19.6. The zero-order chi connectivity index (χ0) is 12.4. The van der Waals surface area contributed by atoms with Gasteiger partial charge in [-0.25, -0.2) is 4.39 Å². The summed E-state index contributed by atoms with van der Waals surface area (Å²) in [5.74, 6) is -0.181. The van der Waals surface area contributed by atoms with Crippen molar-refractivity contribution in [2.75, 3.05) is 13.1 Å². The van der Waals surface area contributed by atoms with Crippen LogP contribution in [0, 0.1) is 5.82 Å². The molecule has 2 nitrogen and oxygen atoms in total. The predicted molar refractivity (Wildman–Crippen MR) is 68.9 cm³/mol. The van der Waals surface area contributed by atoms with Crippen LogP contribution in [0.2, 0.25) is 0 Å². The lowest BCUT2D eigenvalue weighted by atomic mass is 9.83. The molecule has 98 valence electrons. The van der Waals surface area contributed by atoms with E-state index in [0.29, 0.717) is 0 Å². The van der Waals surface area contributed by atoms with Crippen molar-refractivity contribution >= 4 is 0 Å². The highest BCUT2D eigenvalue weighted by atomic mass is 19.1. The lowest BCUT2D eigenvalue weighted by Crippen LogP contribution is -2.51. The Morgan fingerprint density at radius 2 is 2.06 bits per heavy atom. The number of hydrogen-bond donors (Lipinski definition) is 1. The van der Waals surface area contributed by atoms with Crippen molar-refractivity contribution in [1.82, 2.24) is 5.32 Å². The van der Waals surface area contributed by atoms with Crippen LogP contribution in [-0.4, -0.2) is 18.7 Å². The summed E-state index contributed by atoms with van der Waals surface area (Å²) >= 11 is 0. The van der Waals surface area contributed by atoms with Crippen LogP contribution in [0.25, 0.3) is 0 Å². The second kappa shape index (κ2) is 4.98. The number of hydrogen-bond acceptors (Lipinski definition) is 2. The minimum atomic E-state index is -0.181. The third-order valence-corrected chi connectivity index (χ3v) is 4.15. The normalized spacial score (nSPS) is 27.3. The SMILES string of the molecule is Fc1cccc(C2CNCC3(CCCCC3)O2)c1. The van der Waals surface area contributed by atoms with Crippen LogP contribution in [0.3, 0.4) is 0 Å². The highest BCUT2D eigenvalue weighted by Crippen LogP contribution is 2.37. The Morgan fingerprint density at radius 1 is 1.22 bits per heavy atom. The molecule has 2 aliphatic rings. The topological polar surface area (TPSA) is 21.3 Å². The van der Waals surface area contributed by atoms with E-state index < -0.39 is 0 Å². The molecule has 18 heavy (non-hydrogen) atoms. The molecule has 1 aromatic rings. The van der Waals surface area contributed by atoms with Gasteiger partial charge in [-0.15, -0.1) is 0 Å². The molecule has 1 aromatic carbocycles. The maximum Gasteiger partial charge on any atom is 0.123 e. The number of halogens is 1. The first-order valence-corrected chi connectivity index (χ1v) is 6.91. The number of ether oxygens (including phenoxy) is 1. The van der Waals surface area contributed by atoms with E-state index in [9.17, 15) is 4.39 Å². The van der Waals surface area contributed by atoms with Gasteiger partial charge in [-0.1, -0.05) is 31.4 Å². The summed E-state index contributed by atoms with van der Waals surface area (Å²) in [4.78, 5) is 0. The summed E-state index contributed by atoms with van der Waals surface area (Å²) in [6.45, 7) is 1.73. The molecule has 3 rings (SSSR count). The molecule has 1 aliphatic carbocycles. The molecule has 1 aliphatic heterocycles. The van der Waals surface area contributed by atoms with Crippen molar-refractivity contribution in [2.45, 2.75) is 43.8 Å². The fourth-order valence-corrected chi connectivity index (χ4v) is 3.20. The summed E-state index contributed by atoms with van der Waals surface area (Å²) in [5, 5.41) is 3.47. The van der Waals surface area contributed by atoms with Crippen LogP contribution >= 0.6 is 0 Å². The Balaban J connectivity index is 1.77. The van der Waals surface area contributed by atoms with Gasteiger partial charge in [0.25, 0.3) is 0 Å². The molecular formula is C15H20FNO. The number of benzene rings is 1. The summed E-state index contributed by atoms with van der Waals surface area (Å²) in [5.41, 5.74) is 0.945. The molecule has 1 heterocycles. The molecule has 1 unspecified atom stereocenters. The van der Waals surface area contributed by atoms with Crippen LogP contribution in [-0.2, 0) is 4.74 Å². The molecule has 0 aromatic heterocycles. The highest BCUT2D eigenvalue weighted by Gasteiger charge is 2.38. The monoisotopic (exact) mass is 249 g/mol. The van der Waals surface area contributed by atoms with Gasteiger partial charge >= 0.3 is 0 Å². The Hall–Kier alpha value is -0.930. The molecule has 0 amide bonds. The molecule has 1 N–H and O–H groups in total. The van der Waals surface area contributed by atoms with E-state index in [1.54, 1.807) is 12.1 Å². The van der Waals surface area contributed by atoms with E-state index >= 15 is 0 Å². The number of nitrogens with one attached hydrogen (secondary N) is 1. The van der Waals surface area contributed by atoms with E-state index in [2.05, 4.69) is 5.32 Å². The fourth-order valence-electron chi connectivity index (χ4n) is 3.20. The molecule has 3 heteroatoms. The van der Waals surface area contributed by atoms with Crippen LogP contribution in [0.15, 0.2) is 24.3 Å². The maximum absolute atomic E-state index is 13.3. The van der Waals surface area contributed by atoms with Crippen molar-refractivity contribution in [3.63, 3.8) is 0 Å². The van der Waals surface area contributed by atoms with Gasteiger partial charge in [-0.3, -0.25) is 0 Å². The van der Waals surface area contributed by atoms with Gasteiger partial charge in [-0.2, -0.15) is 0 Å². The van der Waals surface area contributed by atoms with Crippen LogP contribution < -0.4 is 5.32 Å². The molecule has 1 saturated heterocycles. The van der Waals surface area contributed by atoms with E-state index in [4.69, 9.17) is 4.74 Å². The fraction of sp³-hybridized carbons (Fsp3) is 0.600. The Kier molecular flexibility index (Phi) is 3.35. The van der Waals surface area contributed by atoms with Crippen molar-refractivity contribution in [2.24, 2.45) is 0 Å². The number of rotatable bonds is 1. The minimum Gasteiger partial charge on any atom is -0.364 e. The highest BCUT2D eigenvalue weighted by molar-refractivity contribution is 5.20. The van der Waals surface area contributed by atoms with Crippen molar-refractivity contribution in [1.29, 1.82) is 0 Å². The third kappa shape index (κ3) is 2.43. The molecule has 1 saturated carbocycles. The lowest BCUT2D eigenvalue weighted by molar-refractivity contribution is -0.135. The minimum absolute atomic E-state index is 0.00646. The zero-order valence-electron chi connectivity index (χ0n) is 10.6. The molecule has 1 atom stereocenters. The van der Waals surface area contributed by atoms with Gasteiger partial charge < -0.3 is 10.1 Å². The van der Waals surface area contributed by atoms with Crippen LogP contribution in [0.4, 0.5) is 4.39 Å². The van der Waals surface area contributed by atoms with Gasteiger partial charge in [0.1, 0.15) is 5.82 Å². The second-order valence-electron chi connectivity index (χ2n) is 5.54. The average Bonchev–Trinajstić information content (AvgIpc) is 2.40. The predicted octanol–water partition coefficient (Wildman–Crippen LogP) is 3.19. The van der Waals surface area contributed by atoms with Crippen molar-refractivity contribution in [3.8, 4) is 0 Å². The van der Waals surface area contributed by atoms with Gasteiger partial charge in [0.2, 0.25) is 0 Å². The van der Waals surface area contributed by atoms with Crippen molar-refractivity contribution < 1.29 is 9.13 Å². The van der Waals surface area contributed by atoms with Crippen LogP contribution in [0.5, 0.6) is 0 Å². The molecule has 1 spiro atoms. The first-order chi connectivity index (χ1) is 8.77. The molecular weight excluding hydrogens is 229 g/mol. The van der Waals surface area contributed by atoms with Crippen molar-refractivity contribution in [3.05, 3.63) is 35.6 Å². The smallest absolute Gasteiger partial charge is 0.123 e. The zero-order valence-corrected chi connectivity index (χ0v) is 10.6. The van der Waals surface area contributed by atoms with Gasteiger partial charge in [0.15, 0.2) is 0 Å². The van der Waals surface area contributed by atoms with Gasteiger partial charge in [0, 0.05) is 13.1 Å². The van der Waals surface area contributed by atoms with Crippen LogP contribution in [0.1, 0.15) is 43.8 Å². The van der Waals surface area contributed by atoms with E-state index in [-0.39, 0.29) is 17.5 Å². The average molecular weight is 249 g/mol. The third-order valence-electron chi connectivity index (χ3n) is 4.15. The summed E-state index contributed by atoms with van der Waals surface area (Å²) in [6, 6.07) is 6.79. The quantitative estimate of drug-likeness (QED) is 0.825. The van der Waals surface area contributed by atoms with E-state index in [1.165, 1.54) is 25.3 Å². The lowest BCUT2D eigenvalue weighted by Gasteiger charge is -2.44. The Labute approximate surface area is 108 Å². The van der Waals surface area contributed by atoms with Gasteiger partial charge in [-0.05, 0) is 30.5 Å². The number of morpholine rings is 1. The molecule has 0 bridgehead atoms. The Morgan fingerprint density at radius 3 is 2.83 bits per heavy atom. The largest absolute Gasteiger partial charge is 0.364 e. The summed E-state index contributed by atoms with van der Waals surface area (Å²) in [6.07, 6.45) is 6.07. The Bertz CT molecular complexity index is 409. The standard InChI is InChI=1S/C15H20FNO/c16-13-6-4-5-12(9-13)14-10-17-11-15(18-14)7-2-1-3-8-15/h4-6,9,14,17H,1-3,7-8,10-11H2.